The van der Waals surface area contributed by atoms with E-state index in [0.29, 0.717) is 11.4 Å². The number of benzene rings is 1. The van der Waals surface area contributed by atoms with Gasteiger partial charge in [0.25, 0.3) is 0 Å². The van der Waals surface area contributed by atoms with E-state index in [0.717, 1.165) is 0 Å². The highest BCUT2D eigenvalue weighted by molar-refractivity contribution is 6.30. The molecule has 0 saturated heterocycles. The summed E-state index contributed by atoms with van der Waals surface area (Å²) in [6.45, 7) is 0. The average Bonchev–Trinajstić information content (AvgIpc) is 2.72. The average molecular weight is 255 g/mol. The molecule has 0 aliphatic carbocycles. The van der Waals surface area contributed by atoms with Crippen molar-refractivity contribution in [1.29, 1.82) is 0 Å². The predicted octanol–water partition coefficient (Wildman–Crippen LogP) is 1.77. The molecule has 0 bridgehead atoms. The maximum Gasteiger partial charge on any atom is 0.147 e. The number of imidazole rings is 1. The topological polar surface area (TPSA) is 55.9 Å². The molecule has 0 fully saturated rings. The molecule has 1 heterocycles. The minimum absolute atomic E-state index is 0.0666. The summed E-state index contributed by atoms with van der Waals surface area (Å²) in [5.41, 5.74) is 2.92. The van der Waals surface area contributed by atoms with E-state index < -0.39 is 11.9 Å². The first-order chi connectivity index (χ1) is 8.15. The van der Waals surface area contributed by atoms with Gasteiger partial charge in [-0.15, -0.1) is 0 Å². The highest BCUT2D eigenvalue weighted by Gasteiger charge is 2.21. The molecular weight excluding hydrogens is 243 g/mol. The van der Waals surface area contributed by atoms with Gasteiger partial charge in [0.1, 0.15) is 17.7 Å². The minimum atomic E-state index is -0.534. The largest absolute Gasteiger partial charge is 0.336 e. The van der Waals surface area contributed by atoms with Gasteiger partial charge in [0, 0.05) is 25.0 Å². The summed E-state index contributed by atoms with van der Waals surface area (Å²) in [4.78, 5) is 4.14. The molecule has 6 heteroatoms. The van der Waals surface area contributed by atoms with E-state index in [2.05, 4.69) is 10.4 Å². The molecule has 1 aromatic heterocycles. The Bertz CT molecular complexity index is 526. The molecule has 4 nitrogen and oxygen atoms in total. The van der Waals surface area contributed by atoms with Crippen LogP contribution in [0.5, 0.6) is 0 Å². The molecule has 0 aliphatic rings. The van der Waals surface area contributed by atoms with Gasteiger partial charge in [0.15, 0.2) is 0 Å². The summed E-state index contributed by atoms with van der Waals surface area (Å²) >= 11 is 5.75. The Morgan fingerprint density at radius 2 is 2.29 bits per heavy atom. The van der Waals surface area contributed by atoms with E-state index in [1.165, 1.54) is 6.07 Å². The molecule has 0 radical (unpaired) electrons. The summed E-state index contributed by atoms with van der Waals surface area (Å²) in [5, 5.41) is 0.0666. The number of aromatic nitrogens is 2. The van der Waals surface area contributed by atoms with Gasteiger partial charge in [-0.1, -0.05) is 23.7 Å². The second-order valence-electron chi connectivity index (χ2n) is 3.64. The molecule has 0 saturated carbocycles. The molecule has 90 valence electrons. The van der Waals surface area contributed by atoms with Crippen LogP contribution in [-0.2, 0) is 7.05 Å². The molecular formula is C11H12ClFN4. The molecule has 2 aromatic rings. The summed E-state index contributed by atoms with van der Waals surface area (Å²) in [5.74, 6) is 5.60. The number of nitrogens with one attached hydrogen (secondary N) is 1. The van der Waals surface area contributed by atoms with Gasteiger partial charge in [-0.2, -0.15) is 0 Å². The Morgan fingerprint density at radius 3 is 2.88 bits per heavy atom. The van der Waals surface area contributed by atoms with Gasteiger partial charge >= 0.3 is 0 Å². The van der Waals surface area contributed by atoms with Crippen molar-refractivity contribution in [3.05, 3.63) is 52.8 Å². The molecule has 3 N–H and O–H groups in total. The van der Waals surface area contributed by atoms with Crippen LogP contribution in [0.15, 0.2) is 30.6 Å². The SMILES string of the molecule is Cn1ccnc1C(NN)c1cccc(Cl)c1F. The number of nitrogens with zero attached hydrogens (tertiary/aromatic N) is 2. The lowest BCUT2D eigenvalue weighted by Gasteiger charge is -2.17. The quantitative estimate of drug-likeness (QED) is 0.648. The monoisotopic (exact) mass is 254 g/mol. The number of aryl methyl sites for hydroxylation is 1. The van der Waals surface area contributed by atoms with Gasteiger partial charge in [0.05, 0.1) is 5.02 Å². The lowest BCUT2D eigenvalue weighted by Crippen LogP contribution is -2.31. The van der Waals surface area contributed by atoms with Gasteiger partial charge in [-0.3, -0.25) is 5.84 Å². The maximum atomic E-state index is 13.9. The zero-order chi connectivity index (χ0) is 12.4. The normalized spacial score (nSPS) is 12.7. The van der Waals surface area contributed by atoms with E-state index in [1.54, 1.807) is 29.1 Å². The van der Waals surface area contributed by atoms with Crippen molar-refractivity contribution in [2.75, 3.05) is 0 Å². The van der Waals surface area contributed by atoms with Crippen molar-refractivity contribution >= 4 is 11.6 Å². The van der Waals surface area contributed by atoms with Crippen LogP contribution in [-0.4, -0.2) is 9.55 Å². The highest BCUT2D eigenvalue weighted by atomic mass is 35.5. The van der Waals surface area contributed by atoms with Crippen LogP contribution in [0.4, 0.5) is 4.39 Å². The highest BCUT2D eigenvalue weighted by Crippen LogP contribution is 2.26. The zero-order valence-electron chi connectivity index (χ0n) is 9.19. The molecule has 1 aromatic carbocycles. The fourth-order valence-electron chi connectivity index (χ4n) is 1.70. The van der Waals surface area contributed by atoms with E-state index in [4.69, 9.17) is 17.4 Å². The Morgan fingerprint density at radius 1 is 1.53 bits per heavy atom. The van der Waals surface area contributed by atoms with E-state index >= 15 is 0 Å². The van der Waals surface area contributed by atoms with Crippen LogP contribution < -0.4 is 11.3 Å². The zero-order valence-corrected chi connectivity index (χ0v) is 9.95. The Balaban J connectivity index is 2.50. The number of nitrogens with two attached hydrogens (primary N) is 1. The number of rotatable bonds is 3. The molecule has 0 amide bonds. The number of hydrogen-bond acceptors (Lipinski definition) is 3. The third-order valence-electron chi connectivity index (χ3n) is 2.58. The van der Waals surface area contributed by atoms with Crippen molar-refractivity contribution in [3.8, 4) is 0 Å². The van der Waals surface area contributed by atoms with Crippen LogP contribution in [0.3, 0.4) is 0 Å². The third kappa shape index (κ3) is 2.17. The first kappa shape index (κ1) is 12.0. The van der Waals surface area contributed by atoms with Crippen molar-refractivity contribution < 1.29 is 4.39 Å². The molecule has 1 atom stereocenters. The van der Waals surface area contributed by atoms with Crippen molar-refractivity contribution in [3.63, 3.8) is 0 Å². The predicted molar refractivity (Wildman–Crippen MR) is 63.8 cm³/mol. The Hall–Kier alpha value is -1.43. The van der Waals surface area contributed by atoms with Crippen molar-refractivity contribution in [2.24, 2.45) is 12.9 Å². The summed E-state index contributed by atoms with van der Waals surface area (Å²) in [6, 6.07) is 4.26. The lowest BCUT2D eigenvalue weighted by atomic mass is 10.1. The fourth-order valence-corrected chi connectivity index (χ4v) is 1.88. The van der Waals surface area contributed by atoms with Gasteiger partial charge in [0.2, 0.25) is 0 Å². The first-order valence-corrected chi connectivity index (χ1v) is 5.40. The first-order valence-electron chi connectivity index (χ1n) is 5.02. The van der Waals surface area contributed by atoms with E-state index in [-0.39, 0.29) is 5.02 Å². The second-order valence-corrected chi connectivity index (χ2v) is 4.05. The van der Waals surface area contributed by atoms with Gasteiger partial charge in [-0.05, 0) is 6.07 Å². The summed E-state index contributed by atoms with van der Waals surface area (Å²) in [6.07, 6.45) is 3.39. The fraction of sp³-hybridized carbons (Fsp3) is 0.182. The summed E-state index contributed by atoms with van der Waals surface area (Å²) < 4.78 is 15.7. The Labute approximate surface area is 103 Å². The molecule has 17 heavy (non-hydrogen) atoms. The van der Waals surface area contributed by atoms with Gasteiger partial charge in [-0.25, -0.2) is 14.8 Å². The number of halogens is 2. The van der Waals surface area contributed by atoms with Crippen LogP contribution in [0.2, 0.25) is 5.02 Å². The van der Waals surface area contributed by atoms with Gasteiger partial charge < -0.3 is 4.57 Å². The van der Waals surface area contributed by atoms with Crippen LogP contribution >= 0.6 is 11.6 Å². The second kappa shape index (κ2) is 4.83. The molecule has 2 rings (SSSR count). The Kier molecular flexibility index (Phi) is 3.42. The molecule has 0 spiro atoms. The van der Waals surface area contributed by atoms with Crippen LogP contribution in [0.1, 0.15) is 17.4 Å². The van der Waals surface area contributed by atoms with Crippen LogP contribution in [0.25, 0.3) is 0 Å². The maximum absolute atomic E-state index is 13.9. The minimum Gasteiger partial charge on any atom is -0.336 e. The smallest absolute Gasteiger partial charge is 0.147 e. The lowest BCUT2D eigenvalue weighted by molar-refractivity contribution is 0.533. The van der Waals surface area contributed by atoms with E-state index in [9.17, 15) is 4.39 Å². The van der Waals surface area contributed by atoms with Crippen LogP contribution in [0, 0.1) is 5.82 Å². The molecule has 0 aliphatic heterocycles. The number of hydrazine groups is 1. The standard InChI is InChI=1S/C11H12ClFN4/c1-17-6-5-15-11(17)10(16-14)7-3-2-4-8(12)9(7)13/h2-6,10,16H,14H2,1H3. The van der Waals surface area contributed by atoms with E-state index in [1.807, 2.05) is 7.05 Å². The van der Waals surface area contributed by atoms with Crippen molar-refractivity contribution in [2.45, 2.75) is 6.04 Å². The van der Waals surface area contributed by atoms with Crippen molar-refractivity contribution in [1.82, 2.24) is 15.0 Å². The third-order valence-corrected chi connectivity index (χ3v) is 2.87. The molecule has 1 unspecified atom stereocenters. The number of hydrogen-bond donors (Lipinski definition) is 2. The summed E-state index contributed by atoms with van der Waals surface area (Å²) in [7, 11) is 1.81.